The summed E-state index contributed by atoms with van der Waals surface area (Å²) < 4.78 is 0. The van der Waals surface area contributed by atoms with E-state index in [1.54, 1.807) is 6.07 Å². The Kier molecular flexibility index (Phi) is 3.75. The van der Waals surface area contributed by atoms with Crippen LogP contribution in [0.15, 0.2) is 18.2 Å². The molecule has 17 heavy (non-hydrogen) atoms. The molecule has 0 saturated carbocycles. The lowest BCUT2D eigenvalue weighted by Gasteiger charge is -2.11. The molecule has 0 aliphatic heterocycles. The Hall–Kier alpha value is -0.990. The molecule has 0 saturated heterocycles. The third-order valence-electron chi connectivity index (χ3n) is 2.52. The Morgan fingerprint density at radius 3 is 2.71 bits per heavy atom. The van der Waals surface area contributed by atoms with Crippen LogP contribution in [0.3, 0.4) is 0 Å². The minimum absolute atomic E-state index is 0.613. The van der Waals surface area contributed by atoms with Crippen LogP contribution in [0.4, 0.5) is 5.69 Å². The molecule has 0 radical (unpaired) electrons. The van der Waals surface area contributed by atoms with Gasteiger partial charge in [0.2, 0.25) is 0 Å². The van der Waals surface area contributed by atoms with Crippen LogP contribution in [0.5, 0.6) is 0 Å². The van der Waals surface area contributed by atoms with Crippen LogP contribution in [0.25, 0.3) is 10.9 Å². The fraction of sp³-hybridized carbons (Fsp3) is 0.308. The van der Waals surface area contributed by atoms with Crippen LogP contribution >= 0.6 is 23.2 Å². The van der Waals surface area contributed by atoms with Gasteiger partial charge >= 0.3 is 0 Å². The summed E-state index contributed by atoms with van der Waals surface area (Å²) in [4.78, 5) is 4.46. The van der Waals surface area contributed by atoms with Gasteiger partial charge < -0.3 is 5.32 Å². The van der Waals surface area contributed by atoms with Crippen molar-refractivity contribution in [3.63, 3.8) is 0 Å². The second kappa shape index (κ2) is 5.11. The molecule has 1 aromatic heterocycles. The normalized spacial score (nSPS) is 10.8. The molecule has 2 nitrogen and oxygen atoms in total. The van der Waals surface area contributed by atoms with Gasteiger partial charge in [0.15, 0.2) is 0 Å². The molecule has 1 heterocycles. The summed E-state index contributed by atoms with van der Waals surface area (Å²) in [5.41, 5.74) is 2.81. The minimum Gasteiger partial charge on any atom is -0.384 e. The van der Waals surface area contributed by atoms with E-state index in [9.17, 15) is 0 Å². The number of halogens is 2. The van der Waals surface area contributed by atoms with Crippen LogP contribution in [0.1, 0.15) is 19.0 Å². The fourth-order valence-corrected chi connectivity index (χ4v) is 2.40. The Balaban J connectivity index is 2.65. The van der Waals surface area contributed by atoms with E-state index >= 15 is 0 Å². The van der Waals surface area contributed by atoms with Crippen LogP contribution in [0, 0.1) is 6.92 Å². The van der Waals surface area contributed by atoms with Crippen LogP contribution in [-0.2, 0) is 0 Å². The van der Waals surface area contributed by atoms with Crippen LogP contribution < -0.4 is 5.32 Å². The van der Waals surface area contributed by atoms with Crippen molar-refractivity contribution in [3.05, 3.63) is 33.9 Å². The van der Waals surface area contributed by atoms with Crippen LogP contribution in [0.2, 0.25) is 10.0 Å². The summed E-state index contributed by atoms with van der Waals surface area (Å²) in [6.45, 7) is 5.00. The molecule has 1 aromatic carbocycles. The van der Waals surface area contributed by atoms with Crippen molar-refractivity contribution in [3.8, 4) is 0 Å². The van der Waals surface area contributed by atoms with Crippen molar-refractivity contribution in [1.82, 2.24) is 4.98 Å². The van der Waals surface area contributed by atoms with Crippen molar-refractivity contribution in [2.75, 3.05) is 11.9 Å². The highest BCUT2D eigenvalue weighted by atomic mass is 35.5. The summed E-state index contributed by atoms with van der Waals surface area (Å²) in [6, 6.07) is 5.60. The molecule has 0 aliphatic carbocycles. The number of hydrogen-bond acceptors (Lipinski definition) is 2. The van der Waals surface area contributed by atoms with Gasteiger partial charge in [0, 0.05) is 28.3 Å². The number of nitrogens with one attached hydrogen (secondary N) is 1. The van der Waals surface area contributed by atoms with Gasteiger partial charge in [0.1, 0.15) is 0 Å². The Morgan fingerprint density at radius 2 is 2.00 bits per heavy atom. The molecule has 0 spiro atoms. The second-order valence-corrected chi connectivity index (χ2v) is 4.86. The summed E-state index contributed by atoms with van der Waals surface area (Å²) in [5.74, 6) is 0. The Bertz CT molecular complexity index is 547. The van der Waals surface area contributed by atoms with E-state index in [2.05, 4.69) is 17.2 Å². The number of rotatable bonds is 3. The highest BCUT2D eigenvalue weighted by molar-refractivity contribution is 6.39. The number of pyridine rings is 1. The number of aryl methyl sites for hydroxylation is 1. The first kappa shape index (κ1) is 12.5. The van der Waals surface area contributed by atoms with E-state index in [-0.39, 0.29) is 0 Å². The smallest absolute Gasteiger partial charge is 0.0755 e. The highest BCUT2D eigenvalue weighted by Gasteiger charge is 2.08. The maximum Gasteiger partial charge on any atom is 0.0755 e. The largest absolute Gasteiger partial charge is 0.384 e. The number of benzene rings is 1. The van der Waals surface area contributed by atoms with E-state index in [0.29, 0.717) is 10.0 Å². The summed E-state index contributed by atoms with van der Waals surface area (Å²) in [5, 5.41) is 5.56. The van der Waals surface area contributed by atoms with Gasteiger partial charge in [0.25, 0.3) is 0 Å². The van der Waals surface area contributed by atoms with Gasteiger partial charge in [-0.25, -0.2) is 0 Å². The molecule has 2 aromatic rings. The van der Waals surface area contributed by atoms with Gasteiger partial charge in [-0.05, 0) is 31.5 Å². The zero-order chi connectivity index (χ0) is 12.4. The van der Waals surface area contributed by atoms with E-state index in [1.165, 1.54) is 0 Å². The monoisotopic (exact) mass is 268 g/mol. The van der Waals surface area contributed by atoms with E-state index in [4.69, 9.17) is 23.2 Å². The molecule has 0 bridgehead atoms. The average molecular weight is 269 g/mol. The first-order chi connectivity index (χ1) is 8.11. The molecule has 0 amide bonds. The third kappa shape index (κ3) is 2.64. The zero-order valence-corrected chi connectivity index (χ0v) is 11.4. The molecule has 2 rings (SSSR count). The maximum absolute atomic E-state index is 6.23. The topological polar surface area (TPSA) is 24.9 Å². The highest BCUT2D eigenvalue weighted by Crippen LogP contribution is 2.32. The molecule has 0 fully saturated rings. The molecule has 90 valence electrons. The summed E-state index contributed by atoms with van der Waals surface area (Å²) in [7, 11) is 0. The molecule has 0 aliphatic rings. The van der Waals surface area contributed by atoms with E-state index in [0.717, 1.165) is 35.2 Å². The van der Waals surface area contributed by atoms with E-state index in [1.807, 2.05) is 19.1 Å². The zero-order valence-electron chi connectivity index (χ0n) is 9.85. The van der Waals surface area contributed by atoms with Crippen molar-refractivity contribution in [2.45, 2.75) is 20.3 Å². The molecule has 0 unspecified atom stereocenters. The number of nitrogens with zero attached hydrogens (tertiary/aromatic N) is 1. The number of hydrogen-bond donors (Lipinski definition) is 1. The van der Waals surface area contributed by atoms with E-state index < -0.39 is 0 Å². The first-order valence-electron chi connectivity index (χ1n) is 5.62. The van der Waals surface area contributed by atoms with Gasteiger partial charge in [-0.1, -0.05) is 30.1 Å². The quantitative estimate of drug-likeness (QED) is 0.875. The number of anilines is 1. The maximum atomic E-state index is 6.23. The molecule has 1 N–H and O–H groups in total. The van der Waals surface area contributed by atoms with Gasteiger partial charge in [-0.3, -0.25) is 4.98 Å². The molecular weight excluding hydrogens is 255 g/mol. The Morgan fingerprint density at radius 1 is 1.24 bits per heavy atom. The van der Waals surface area contributed by atoms with Crippen molar-refractivity contribution < 1.29 is 0 Å². The number of fused-ring (bicyclic) bond motifs is 1. The van der Waals surface area contributed by atoms with Crippen LogP contribution in [-0.4, -0.2) is 11.5 Å². The SMILES string of the molecule is CCCNc1cc(C)nc2cc(Cl)cc(Cl)c12. The van der Waals surface area contributed by atoms with Crippen molar-refractivity contribution >= 4 is 39.8 Å². The third-order valence-corrected chi connectivity index (χ3v) is 3.04. The summed E-state index contributed by atoms with van der Waals surface area (Å²) >= 11 is 12.2. The minimum atomic E-state index is 0.613. The second-order valence-electron chi connectivity index (χ2n) is 4.02. The first-order valence-corrected chi connectivity index (χ1v) is 6.37. The van der Waals surface area contributed by atoms with Gasteiger partial charge in [-0.2, -0.15) is 0 Å². The average Bonchev–Trinajstić information content (AvgIpc) is 2.24. The van der Waals surface area contributed by atoms with Crippen molar-refractivity contribution in [1.29, 1.82) is 0 Å². The molecular formula is C13H14Cl2N2. The molecule has 4 heteroatoms. The predicted molar refractivity (Wildman–Crippen MR) is 75.3 cm³/mol. The lowest BCUT2D eigenvalue weighted by molar-refractivity contribution is 0.980. The standard InChI is InChI=1S/C13H14Cl2N2/c1-3-4-16-11-5-8(2)17-12-7-9(14)6-10(15)13(11)12/h5-7H,3-4H2,1-2H3,(H,16,17). The lowest BCUT2D eigenvalue weighted by atomic mass is 10.1. The summed E-state index contributed by atoms with van der Waals surface area (Å²) in [6.07, 6.45) is 1.06. The lowest BCUT2D eigenvalue weighted by Crippen LogP contribution is -2.02. The number of aromatic nitrogens is 1. The van der Waals surface area contributed by atoms with Crippen molar-refractivity contribution in [2.24, 2.45) is 0 Å². The Labute approximate surface area is 111 Å². The molecule has 0 atom stereocenters. The van der Waals surface area contributed by atoms with Gasteiger partial charge in [-0.15, -0.1) is 0 Å². The predicted octanol–water partition coefficient (Wildman–Crippen LogP) is 4.67. The fourth-order valence-electron chi connectivity index (χ4n) is 1.82. The van der Waals surface area contributed by atoms with Gasteiger partial charge in [0.05, 0.1) is 10.5 Å².